The standard InChI is InChI=1S/C20H31N3O2/c1-14(2)12-18(21)20(25)23-10-8-17(9-11-23)19(24)22-13-16-6-4-15(3)5-7-16/h4-7,14,17-18H,8-13,21H2,1-3H3,(H,22,24)/t18-/m0/s1. The number of nitrogens with zero attached hydrogens (tertiary/aromatic N) is 1. The van der Waals surface area contributed by atoms with Crippen LogP contribution < -0.4 is 11.1 Å². The molecule has 1 heterocycles. The predicted molar refractivity (Wildman–Crippen MR) is 99.8 cm³/mol. The lowest BCUT2D eigenvalue weighted by molar-refractivity contribution is -0.137. The van der Waals surface area contributed by atoms with Gasteiger partial charge < -0.3 is 16.0 Å². The number of hydrogen-bond donors (Lipinski definition) is 2. The Morgan fingerprint density at radius 3 is 2.36 bits per heavy atom. The topological polar surface area (TPSA) is 75.4 Å². The second-order valence-corrected chi connectivity index (χ2v) is 7.54. The molecule has 1 fully saturated rings. The number of aryl methyl sites for hydroxylation is 1. The Morgan fingerprint density at radius 2 is 1.80 bits per heavy atom. The maximum atomic E-state index is 12.4. The summed E-state index contributed by atoms with van der Waals surface area (Å²) in [5.74, 6) is 0.492. The summed E-state index contributed by atoms with van der Waals surface area (Å²) in [6.45, 7) is 7.97. The summed E-state index contributed by atoms with van der Waals surface area (Å²) in [5, 5.41) is 3.01. The molecular formula is C20H31N3O2. The summed E-state index contributed by atoms with van der Waals surface area (Å²) in [7, 11) is 0. The fourth-order valence-electron chi connectivity index (χ4n) is 3.24. The van der Waals surface area contributed by atoms with Gasteiger partial charge in [-0.3, -0.25) is 9.59 Å². The van der Waals surface area contributed by atoms with E-state index in [1.54, 1.807) is 0 Å². The van der Waals surface area contributed by atoms with Crippen LogP contribution in [0.4, 0.5) is 0 Å². The second-order valence-electron chi connectivity index (χ2n) is 7.54. The first-order valence-electron chi connectivity index (χ1n) is 9.24. The van der Waals surface area contributed by atoms with E-state index in [-0.39, 0.29) is 17.7 Å². The third-order valence-corrected chi connectivity index (χ3v) is 4.81. The first-order valence-corrected chi connectivity index (χ1v) is 9.24. The first-order chi connectivity index (χ1) is 11.9. The molecule has 1 aromatic rings. The number of hydrogen-bond acceptors (Lipinski definition) is 3. The third kappa shape index (κ3) is 5.85. The van der Waals surface area contributed by atoms with E-state index in [9.17, 15) is 9.59 Å². The summed E-state index contributed by atoms with van der Waals surface area (Å²) in [5.41, 5.74) is 8.31. The van der Waals surface area contributed by atoms with Crippen molar-refractivity contribution in [2.75, 3.05) is 13.1 Å². The Balaban J connectivity index is 1.76. The zero-order chi connectivity index (χ0) is 18.4. The Kier molecular flexibility index (Phi) is 7.00. The number of rotatable bonds is 6. The highest BCUT2D eigenvalue weighted by atomic mass is 16.2. The molecule has 1 atom stereocenters. The van der Waals surface area contributed by atoms with Gasteiger partial charge in [0.25, 0.3) is 0 Å². The molecule has 138 valence electrons. The molecule has 0 bridgehead atoms. The minimum absolute atomic E-state index is 0.0178. The van der Waals surface area contributed by atoms with Crippen molar-refractivity contribution in [1.29, 1.82) is 0 Å². The van der Waals surface area contributed by atoms with E-state index in [0.717, 1.165) is 5.56 Å². The minimum Gasteiger partial charge on any atom is -0.352 e. The Labute approximate surface area is 151 Å². The Bertz CT molecular complexity index is 575. The zero-order valence-electron chi connectivity index (χ0n) is 15.6. The number of nitrogens with one attached hydrogen (secondary N) is 1. The van der Waals surface area contributed by atoms with Crippen LogP contribution in [0.25, 0.3) is 0 Å². The van der Waals surface area contributed by atoms with Gasteiger partial charge in [-0.25, -0.2) is 0 Å². The van der Waals surface area contributed by atoms with Crippen molar-refractivity contribution in [1.82, 2.24) is 10.2 Å². The molecule has 2 rings (SSSR count). The van der Waals surface area contributed by atoms with Crippen molar-refractivity contribution in [2.24, 2.45) is 17.6 Å². The molecule has 1 aliphatic rings. The zero-order valence-corrected chi connectivity index (χ0v) is 15.6. The van der Waals surface area contributed by atoms with Crippen LogP contribution in [-0.2, 0) is 16.1 Å². The van der Waals surface area contributed by atoms with Gasteiger partial charge in [0, 0.05) is 25.6 Å². The van der Waals surface area contributed by atoms with Crippen molar-refractivity contribution in [3.05, 3.63) is 35.4 Å². The predicted octanol–water partition coefficient (Wildman–Crippen LogP) is 2.22. The van der Waals surface area contributed by atoms with Gasteiger partial charge in [-0.2, -0.15) is 0 Å². The number of carbonyl (C=O) groups excluding carboxylic acids is 2. The molecule has 2 amide bonds. The average molecular weight is 345 g/mol. The number of benzene rings is 1. The van der Waals surface area contributed by atoms with E-state index in [1.807, 2.05) is 36.1 Å². The molecule has 1 aromatic carbocycles. The lowest BCUT2D eigenvalue weighted by Gasteiger charge is -2.33. The smallest absolute Gasteiger partial charge is 0.239 e. The van der Waals surface area contributed by atoms with Crippen LogP contribution in [0.15, 0.2) is 24.3 Å². The molecule has 25 heavy (non-hydrogen) atoms. The number of likely N-dealkylation sites (tertiary alicyclic amines) is 1. The van der Waals surface area contributed by atoms with E-state index < -0.39 is 6.04 Å². The van der Waals surface area contributed by atoms with Crippen LogP contribution in [0, 0.1) is 18.8 Å². The van der Waals surface area contributed by atoms with E-state index in [0.29, 0.717) is 44.8 Å². The lowest BCUT2D eigenvalue weighted by Crippen LogP contribution is -2.49. The van der Waals surface area contributed by atoms with E-state index in [2.05, 4.69) is 19.2 Å². The highest BCUT2D eigenvalue weighted by Crippen LogP contribution is 2.19. The summed E-state index contributed by atoms with van der Waals surface area (Å²) >= 11 is 0. The van der Waals surface area contributed by atoms with Crippen molar-refractivity contribution in [2.45, 2.75) is 52.6 Å². The quantitative estimate of drug-likeness (QED) is 0.830. The molecule has 0 unspecified atom stereocenters. The highest BCUT2D eigenvalue weighted by molar-refractivity contribution is 5.82. The number of carbonyl (C=O) groups is 2. The summed E-state index contributed by atoms with van der Waals surface area (Å²) < 4.78 is 0. The minimum atomic E-state index is -0.424. The number of amides is 2. The molecule has 0 spiro atoms. The maximum Gasteiger partial charge on any atom is 0.239 e. The van der Waals surface area contributed by atoms with Gasteiger partial charge in [0.05, 0.1) is 6.04 Å². The van der Waals surface area contributed by atoms with Crippen LogP contribution in [0.3, 0.4) is 0 Å². The normalized spacial score (nSPS) is 16.8. The van der Waals surface area contributed by atoms with Gasteiger partial charge in [-0.15, -0.1) is 0 Å². The van der Waals surface area contributed by atoms with Crippen molar-refractivity contribution in [3.63, 3.8) is 0 Å². The second kappa shape index (κ2) is 8.99. The Morgan fingerprint density at radius 1 is 1.20 bits per heavy atom. The monoisotopic (exact) mass is 345 g/mol. The Hall–Kier alpha value is -1.88. The fraction of sp³-hybridized carbons (Fsp3) is 0.600. The molecule has 3 N–H and O–H groups in total. The van der Waals surface area contributed by atoms with E-state index in [1.165, 1.54) is 5.56 Å². The molecule has 5 nitrogen and oxygen atoms in total. The highest BCUT2D eigenvalue weighted by Gasteiger charge is 2.29. The van der Waals surface area contributed by atoms with Crippen LogP contribution in [-0.4, -0.2) is 35.8 Å². The summed E-state index contributed by atoms with van der Waals surface area (Å²) in [6.07, 6.45) is 2.12. The van der Waals surface area contributed by atoms with Crippen LogP contribution in [0.1, 0.15) is 44.2 Å². The fourth-order valence-corrected chi connectivity index (χ4v) is 3.24. The summed E-state index contributed by atoms with van der Waals surface area (Å²) in [4.78, 5) is 26.5. The maximum absolute atomic E-state index is 12.4. The molecule has 1 saturated heterocycles. The van der Waals surface area contributed by atoms with Crippen LogP contribution >= 0.6 is 0 Å². The molecule has 0 saturated carbocycles. The van der Waals surface area contributed by atoms with Gasteiger partial charge in [0.2, 0.25) is 11.8 Å². The molecule has 5 heteroatoms. The molecular weight excluding hydrogens is 314 g/mol. The molecule has 1 aliphatic heterocycles. The van der Waals surface area contributed by atoms with Crippen molar-refractivity contribution in [3.8, 4) is 0 Å². The van der Waals surface area contributed by atoms with Crippen LogP contribution in [0.5, 0.6) is 0 Å². The van der Waals surface area contributed by atoms with Gasteiger partial charge in [-0.05, 0) is 37.7 Å². The van der Waals surface area contributed by atoms with Gasteiger partial charge in [0.15, 0.2) is 0 Å². The number of nitrogens with two attached hydrogens (primary N) is 1. The van der Waals surface area contributed by atoms with Gasteiger partial charge in [0.1, 0.15) is 0 Å². The molecule has 0 radical (unpaired) electrons. The first kappa shape index (κ1) is 19.4. The number of piperidine rings is 1. The van der Waals surface area contributed by atoms with Gasteiger partial charge >= 0.3 is 0 Å². The SMILES string of the molecule is Cc1ccc(CNC(=O)C2CCN(C(=O)[C@@H](N)CC(C)C)CC2)cc1. The largest absolute Gasteiger partial charge is 0.352 e. The van der Waals surface area contributed by atoms with Gasteiger partial charge in [-0.1, -0.05) is 43.7 Å². The average Bonchev–Trinajstić information content (AvgIpc) is 2.60. The third-order valence-electron chi connectivity index (χ3n) is 4.81. The van der Waals surface area contributed by atoms with Crippen molar-refractivity contribution < 1.29 is 9.59 Å². The summed E-state index contributed by atoms with van der Waals surface area (Å²) in [6, 6.07) is 7.74. The van der Waals surface area contributed by atoms with Crippen molar-refractivity contribution >= 4 is 11.8 Å². The van der Waals surface area contributed by atoms with Crippen LogP contribution in [0.2, 0.25) is 0 Å². The van der Waals surface area contributed by atoms with E-state index >= 15 is 0 Å². The molecule has 0 aliphatic carbocycles. The lowest BCUT2D eigenvalue weighted by atomic mass is 9.94. The van der Waals surface area contributed by atoms with E-state index in [4.69, 9.17) is 5.73 Å². The molecule has 0 aromatic heterocycles.